The Morgan fingerprint density at radius 3 is 2.12 bits per heavy atom. The van der Waals surface area contributed by atoms with Crippen LogP contribution < -0.4 is 5.32 Å². The highest BCUT2D eigenvalue weighted by Gasteiger charge is 2.16. The topological polar surface area (TPSA) is 83.1 Å². The number of amides is 1. The molecular formula is C16H33N2O6+. The lowest BCUT2D eigenvalue weighted by Gasteiger charge is -2.29. The number of alkyl carbamates (subject to hydrolysis) is 1. The number of carbonyl (C=O) groups excluding carboxylic acids is 2. The van der Waals surface area contributed by atoms with Crippen molar-refractivity contribution >= 4 is 12.1 Å². The number of quaternary nitrogens is 1. The maximum atomic E-state index is 11.4. The molecule has 0 atom stereocenters. The summed E-state index contributed by atoms with van der Waals surface area (Å²) in [5, 5.41) is 2.64. The summed E-state index contributed by atoms with van der Waals surface area (Å²) in [7, 11) is 5.45. The Morgan fingerprint density at radius 2 is 1.58 bits per heavy atom. The van der Waals surface area contributed by atoms with Crippen LogP contribution in [0.1, 0.15) is 20.8 Å². The van der Waals surface area contributed by atoms with Gasteiger partial charge in [-0.25, -0.2) is 9.59 Å². The Morgan fingerprint density at radius 1 is 1.00 bits per heavy atom. The van der Waals surface area contributed by atoms with Crippen molar-refractivity contribution in [1.29, 1.82) is 0 Å². The zero-order valence-corrected chi connectivity index (χ0v) is 15.8. The number of esters is 1. The van der Waals surface area contributed by atoms with Gasteiger partial charge in [0.05, 0.1) is 41.0 Å². The van der Waals surface area contributed by atoms with Crippen LogP contribution in [-0.4, -0.2) is 89.4 Å². The lowest BCUT2D eigenvalue weighted by Crippen LogP contribution is -2.45. The fourth-order valence-corrected chi connectivity index (χ4v) is 1.59. The van der Waals surface area contributed by atoms with Crippen molar-refractivity contribution < 1.29 is 33.0 Å². The van der Waals surface area contributed by atoms with Crippen molar-refractivity contribution in [2.24, 2.45) is 0 Å². The number of likely N-dealkylation sites (N-methyl/N-ethyl adjacent to an activating group) is 1. The molecule has 1 amide bonds. The predicted molar refractivity (Wildman–Crippen MR) is 89.7 cm³/mol. The van der Waals surface area contributed by atoms with E-state index in [9.17, 15) is 9.59 Å². The molecule has 0 fully saturated rings. The molecule has 8 nitrogen and oxygen atoms in total. The second kappa shape index (κ2) is 11.2. The maximum absolute atomic E-state index is 11.4. The number of methoxy groups -OCH3 is 1. The van der Waals surface area contributed by atoms with Crippen molar-refractivity contribution in [2.45, 2.75) is 26.4 Å². The van der Waals surface area contributed by atoms with Gasteiger partial charge in [-0.3, -0.25) is 0 Å². The Labute approximate surface area is 145 Å². The van der Waals surface area contributed by atoms with Crippen molar-refractivity contribution in [3.05, 3.63) is 0 Å². The van der Waals surface area contributed by atoms with Crippen LogP contribution in [0.3, 0.4) is 0 Å². The number of rotatable bonds is 11. The van der Waals surface area contributed by atoms with Gasteiger partial charge in [0.2, 0.25) is 0 Å². The molecule has 0 heterocycles. The molecule has 0 aromatic carbocycles. The summed E-state index contributed by atoms with van der Waals surface area (Å²) < 4.78 is 21.1. The first kappa shape index (κ1) is 22.6. The summed E-state index contributed by atoms with van der Waals surface area (Å²) in [5.74, 6) is -0.374. The van der Waals surface area contributed by atoms with E-state index in [1.54, 1.807) is 0 Å². The standard InChI is InChI=1S/C16H32N2O6/c1-16(2,3)24-15(20)17-7-10-22-11-8-18(4,5)9-12-23-13-14(19)21-6/h7-13H2,1-6H3/p+1. The number of nitrogens with zero attached hydrogens (tertiary/aromatic N) is 1. The highest BCUT2D eigenvalue weighted by Crippen LogP contribution is 2.06. The third-order valence-corrected chi connectivity index (χ3v) is 3.04. The molecule has 0 saturated carbocycles. The number of nitrogens with one attached hydrogen (secondary N) is 1. The summed E-state index contributed by atoms with van der Waals surface area (Å²) in [6.07, 6.45) is -0.440. The largest absolute Gasteiger partial charge is 0.467 e. The fraction of sp³-hybridized carbons (Fsp3) is 0.875. The van der Waals surface area contributed by atoms with Gasteiger partial charge in [-0.15, -0.1) is 0 Å². The molecule has 0 unspecified atom stereocenters. The summed E-state index contributed by atoms with van der Waals surface area (Å²) in [5.41, 5.74) is -0.498. The summed E-state index contributed by atoms with van der Waals surface area (Å²) in [4.78, 5) is 22.4. The number of ether oxygens (including phenoxy) is 4. The van der Waals surface area contributed by atoms with Crippen LogP contribution in [0.25, 0.3) is 0 Å². The molecule has 0 aromatic heterocycles. The molecule has 0 rings (SSSR count). The van der Waals surface area contributed by atoms with Gasteiger partial charge < -0.3 is 28.7 Å². The number of hydrogen-bond acceptors (Lipinski definition) is 6. The molecule has 0 aliphatic carbocycles. The van der Waals surface area contributed by atoms with Crippen molar-refractivity contribution in [3.63, 3.8) is 0 Å². The Bertz CT molecular complexity index is 379. The van der Waals surface area contributed by atoms with E-state index in [0.717, 1.165) is 13.1 Å². The van der Waals surface area contributed by atoms with Crippen LogP contribution in [-0.2, 0) is 23.7 Å². The Balaban J connectivity index is 3.64. The Hall–Kier alpha value is -1.38. The third-order valence-electron chi connectivity index (χ3n) is 3.04. The minimum Gasteiger partial charge on any atom is -0.467 e. The fourth-order valence-electron chi connectivity index (χ4n) is 1.59. The quantitative estimate of drug-likeness (QED) is 0.337. The summed E-state index contributed by atoms with van der Waals surface area (Å²) in [6, 6.07) is 0. The van der Waals surface area contributed by atoms with Crippen LogP contribution in [0.5, 0.6) is 0 Å². The van der Waals surface area contributed by atoms with E-state index in [2.05, 4.69) is 24.1 Å². The predicted octanol–water partition coefficient (Wildman–Crippen LogP) is 0.794. The Kier molecular flexibility index (Phi) is 10.6. The van der Waals surface area contributed by atoms with Crippen LogP contribution in [0.15, 0.2) is 0 Å². The van der Waals surface area contributed by atoms with Gasteiger partial charge >= 0.3 is 12.1 Å². The van der Waals surface area contributed by atoms with Gasteiger partial charge in [0.25, 0.3) is 0 Å². The highest BCUT2D eigenvalue weighted by atomic mass is 16.6. The molecule has 0 aromatic rings. The second-order valence-electron chi connectivity index (χ2n) is 7.05. The van der Waals surface area contributed by atoms with Gasteiger partial charge in [-0.05, 0) is 20.8 Å². The van der Waals surface area contributed by atoms with E-state index >= 15 is 0 Å². The van der Waals surface area contributed by atoms with E-state index in [1.807, 2.05) is 20.8 Å². The van der Waals surface area contributed by atoms with E-state index in [1.165, 1.54) is 7.11 Å². The third kappa shape index (κ3) is 14.2. The lowest BCUT2D eigenvalue weighted by atomic mass is 10.2. The van der Waals surface area contributed by atoms with Crippen molar-refractivity contribution in [1.82, 2.24) is 5.32 Å². The van der Waals surface area contributed by atoms with Crippen LogP contribution >= 0.6 is 0 Å². The van der Waals surface area contributed by atoms with E-state index in [4.69, 9.17) is 14.2 Å². The monoisotopic (exact) mass is 349 g/mol. The minimum atomic E-state index is -0.498. The molecule has 0 aliphatic heterocycles. The van der Waals surface area contributed by atoms with Crippen LogP contribution in [0, 0.1) is 0 Å². The molecule has 0 spiro atoms. The summed E-state index contributed by atoms with van der Waals surface area (Å²) in [6.45, 7) is 8.87. The van der Waals surface area contributed by atoms with Crippen LogP contribution in [0.4, 0.5) is 4.79 Å². The average Bonchev–Trinajstić information content (AvgIpc) is 2.45. The van der Waals surface area contributed by atoms with Gasteiger partial charge in [-0.2, -0.15) is 0 Å². The van der Waals surface area contributed by atoms with Gasteiger partial charge in [-0.1, -0.05) is 0 Å². The van der Waals surface area contributed by atoms with Gasteiger partial charge in [0.1, 0.15) is 25.3 Å². The first-order chi connectivity index (χ1) is 11.1. The lowest BCUT2D eigenvalue weighted by molar-refractivity contribution is -0.891. The number of carbonyl (C=O) groups is 2. The zero-order valence-electron chi connectivity index (χ0n) is 15.8. The van der Waals surface area contributed by atoms with Crippen molar-refractivity contribution in [2.75, 3.05) is 67.3 Å². The smallest absolute Gasteiger partial charge is 0.407 e. The molecule has 0 aliphatic rings. The molecule has 0 radical (unpaired) electrons. The molecular weight excluding hydrogens is 316 g/mol. The molecule has 8 heteroatoms. The minimum absolute atomic E-state index is 0.0245. The molecule has 0 saturated heterocycles. The van der Waals surface area contributed by atoms with Crippen molar-refractivity contribution in [3.8, 4) is 0 Å². The zero-order chi connectivity index (χ0) is 18.6. The maximum Gasteiger partial charge on any atom is 0.407 e. The molecule has 24 heavy (non-hydrogen) atoms. The second-order valence-corrected chi connectivity index (χ2v) is 7.05. The molecule has 0 bridgehead atoms. The molecule has 1 N–H and O–H groups in total. The average molecular weight is 349 g/mol. The van der Waals surface area contributed by atoms with E-state index in [-0.39, 0.29) is 12.6 Å². The number of hydrogen-bond donors (Lipinski definition) is 1. The normalized spacial score (nSPS) is 11.9. The first-order valence-electron chi connectivity index (χ1n) is 8.07. The molecule has 142 valence electrons. The van der Waals surface area contributed by atoms with Gasteiger partial charge in [0.15, 0.2) is 0 Å². The van der Waals surface area contributed by atoms with Crippen LogP contribution in [0.2, 0.25) is 0 Å². The highest BCUT2D eigenvalue weighted by molar-refractivity contribution is 5.70. The van der Waals surface area contributed by atoms with Gasteiger partial charge in [0, 0.05) is 6.54 Å². The summed E-state index contributed by atoms with van der Waals surface area (Å²) >= 11 is 0. The van der Waals surface area contributed by atoms with E-state index in [0.29, 0.717) is 30.8 Å². The first-order valence-corrected chi connectivity index (χ1v) is 8.07. The SMILES string of the molecule is COC(=O)COCC[N+](C)(C)CCOCCNC(=O)OC(C)(C)C. The van der Waals surface area contributed by atoms with E-state index < -0.39 is 11.7 Å².